The van der Waals surface area contributed by atoms with Crippen molar-refractivity contribution in [3.8, 4) is 0 Å². The first-order chi connectivity index (χ1) is 9.17. The molecular formula is C14H18BrN3S. The fourth-order valence-corrected chi connectivity index (χ4v) is 3.80. The molecule has 2 aromatic rings. The first-order valence-electron chi connectivity index (χ1n) is 6.38. The van der Waals surface area contributed by atoms with Crippen LogP contribution in [-0.2, 0) is 18.7 Å². The van der Waals surface area contributed by atoms with Gasteiger partial charge in [-0.15, -0.1) is 11.8 Å². The lowest BCUT2D eigenvalue weighted by Gasteiger charge is -2.07. The Morgan fingerprint density at radius 3 is 2.68 bits per heavy atom. The van der Waals surface area contributed by atoms with Gasteiger partial charge >= 0.3 is 0 Å². The van der Waals surface area contributed by atoms with Crippen molar-refractivity contribution in [3.05, 3.63) is 40.1 Å². The normalized spacial score (nSPS) is 10.9. The van der Waals surface area contributed by atoms with Crippen LogP contribution in [0, 0.1) is 0 Å². The monoisotopic (exact) mass is 339 g/mol. The minimum absolute atomic E-state index is 0.835. The number of para-hydroxylation sites is 1. The summed E-state index contributed by atoms with van der Waals surface area (Å²) in [5, 5.41) is 4.61. The number of thioether (sulfide) groups is 1. The average Bonchev–Trinajstić information content (AvgIpc) is 2.74. The van der Waals surface area contributed by atoms with E-state index in [0.717, 1.165) is 39.5 Å². The van der Waals surface area contributed by atoms with Gasteiger partial charge in [0.25, 0.3) is 0 Å². The Morgan fingerprint density at radius 2 is 2.05 bits per heavy atom. The van der Waals surface area contributed by atoms with Crippen molar-refractivity contribution in [1.29, 1.82) is 0 Å². The molecule has 1 aromatic heterocycles. The third-order valence-electron chi connectivity index (χ3n) is 2.98. The molecule has 0 atom stereocenters. The number of hydrogen-bond donors (Lipinski definition) is 1. The van der Waals surface area contributed by atoms with Gasteiger partial charge in [-0.05, 0) is 41.4 Å². The van der Waals surface area contributed by atoms with E-state index in [-0.39, 0.29) is 0 Å². The van der Waals surface area contributed by atoms with Crippen LogP contribution in [-0.4, -0.2) is 9.78 Å². The molecule has 19 heavy (non-hydrogen) atoms. The zero-order valence-electron chi connectivity index (χ0n) is 11.2. The average molecular weight is 340 g/mol. The molecule has 1 heterocycles. The van der Waals surface area contributed by atoms with E-state index in [4.69, 9.17) is 5.73 Å². The minimum atomic E-state index is 0.835. The molecule has 0 aliphatic rings. The predicted molar refractivity (Wildman–Crippen MR) is 85.4 cm³/mol. The number of aryl methyl sites for hydroxylation is 2. The first-order valence-corrected chi connectivity index (χ1v) is 8.16. The maximum atomic E-state index is 5.97. The Balaban J connectivity index is 2.20. The van der Waals surface area contributed by atoms with Crippen LogP contribution in [0.25, 0.3) is 0 Å². The number of rotatable bonds is 5. The van der Waals surface area contributed by atoms with Crippen LogP contribution >= 0.6 is 27.7 Å². The Kier molecular flexibility index (Phi) is 4.93. The molecule has 0 saturated carbocycles. The first kappa shape index (κ1) is 14.5. The van der Waals surface area contributed by atoms with Crippen LogP contribution < -0.4 is 5.73 Å². The summed E-state index contributed by atoms with van der Waals surface area (Å²) in [6.45, 7) is 5.13. The zero-order chi connectivity index (χ0) is 13.8. The van der Waals surface area contributed by atoms with E-state index in [1.54, 1.807) is 11.8 Å². The molecule has 0 saturated heterocycles. The minimum Gasteiger partial charge on any atom is -0.398 e. The van der Waals surface area contributed by atoms with E-state index < -0.39 is 0 Å². The highest BCUT2D eigenvalue weighted by molar-refractivity contribution is 9.10. The van der Waals surface area contributed by atoms with Crippen molar-refractivity contribution in [2.75, 3.05) is 5.73 Å². The standard InChI is InChI=1S/C14H18BrN3S/c1-3-11-14(15)12(18(4-2)17-11)9-19-13-8-6-5-7-10(13)16/h5-8H,3-4,9,16H2,1-2H3. The summed E-state index contributed by atoms with van der Waals surface area (Å²) in [7, 11) is 0. The quantitative estimate of drug-likeness (QED) is 0.658. The van der Waals surface area contributed by atoms with E-state index >= 15 is 0 Å². The van der Waals surface area contributed by atoms with Gasteiger partial charge in [-0.25, -0.2) is 0 Å². The molecule has 2 N–H and O–H groups in total. The van der Waals surface area contributed by atoms with E-state index in [1.165, 1.54) is 5.69 Å². The van der Waals surface area contributed by atoms with Gasteiger partial charge in [0.05, 0.1) is 15.9 Å². The van der Waals surface area contributed by atoms with Crippen molar-refractivity contribution in [2.24, 2.45) is 0 Å². The van der Waals surface area contributed by atoms with Crippen LogP contribution in [0.5, 0.6) is 0 Å². The molecule has 5 heteroatoms. The van der Waals surface area contributed by atoms with Crippen molar-refractivity contribution in [3.63, 3.8) is 0 Å². The van der Waals surface area contributed by atoms with Crippen LogP contribution in [0.1, 0.15) is 25.2 Å². The SMILES string of the molecule is CCc1nn(CC)c(CSc2ccccc2N)c1Br. The van der Waals surface area contributed by atoms with Gasteiger partial charge in [0.2, 0.25) is 0 Å². The number of aromatic nitrogens is 2. The van der Waals surface area contributed by atoms with Crippen molar-refractivity contribution < 1.29 is 0 Å². The van der Waals surface area contributed by atoms with Gasteiger partial charge in [0, 0.05) is 22.9 Å². The van der Waals surface area contributed by atoms with Gasteiger partial charge in [0.15, 0.2) is 0 Å². The highest BCUT2D eigenvalue weighted by atomic mass is 79.9. The molecule has 102 valence electrons. The molecule has 3 nitrogen and oxygen atoms in total. The lowest BCUT2D eigenvalue weighted by atomic mass is 10.3. The second-order valence-electron chi connectivity index (χ2n) is 4.20. The summed E-state index contributed by atoms with van der Waals surface area (Å²) in [6, 6.07) is 7.97. The summed E-state index contributed by atoms with van der Waals surface area (Å²) in [6.07, 6.45) is 0.943. The van der Waals surface area contributed by atoms with Crippen LogP contribution in [0.3, 0.4) is 0 Å². The summed E-state index contributed by atoms with van der Waals surface area (Å²) < 4.78 is 3.20. The molecule has 0 aliphatic carbocycles. The molecular weight excluding hydrogens is 322 g/mol. The summed E-state index contributed by atoms with van der Waals surface area (Å²) in [4.78, 5) is 1.12. The van der Waals surface area contributed by atoms with Gasteiger partial charge < -0.3 is 5.73 Å². The maximum Gasteiger partial charge on any atom is 0.0767 e. The topological polar surface area (TPSA) is 43.8 Å². The molecule has 2 rings (SSSR count). The predicted octanol–water partition coefficient (Wildman–Crippen LogP) is 4.10. The molecule has 1 aromatic carbocycles. The molecule has 0 radical (unpaired) electrons. The van der Waals surface area contributed by atoms with Gasteiger partial charge in [-0.1, -0.05) is 19.1 Å². The number of nitrogen functional groups attached to an aromatic ring is 1. The molecule has 0 unspecified atom stereocenters. The van der Waals surface area contributed by atoms with Crippen molar-refractivity contribution in [2.45, 2.75) is 37.5 Å². The third-order valence-corrected chi connectivity index (χ3v) is 4.99. The molecule has 0 aliphatic heterocycles. The molecule has 0 spiro atoms. The summed E-state index contributed by atoms with van der Waals surface area (Å²) >= 11 is 5.42. The van der Waals surface area contributed by atoms with Crippen molar-refractivity contribution >= 4 is 33.4 Å². The fraction of sp³-hybridized carbons (Fsp3) is 0.357. The molecule has 0 fully saturated rings. The van der Waals surface area contributed by atoms with Gasteiger partial charge in [-0.2, -0.15) is 5.10 Å². The summed E-state index contributed by atoms with van der Waals surface area (Å²) in [5.74, 6) is 0.871. The maximum absolute atomic E-state index is 5.97. The number of hydrogen-bond acceptors (Lipinski definition) is 3. The van der Waals surface area contributed by atoms with Crippen LogP contribution in [0.15, 0.2) is 33.6 Å². The Hall–Kier alpha value is -0.940. The lowest BCUT2D eigenvalue weighted by molar-refractivity contribution is 0.627. The second-order valence-corrected chi connectivity index (χ2v) is 6.01. The number of anilines is 1. The lowest BCUT2D eigenvalue weighted by Crippen LogP contribution is -2.02. The Bertz CT molecular complexity index is 566. The van der Waals surface area contributed by atoms with Gasteiger partial charge in [-0.3, -0.25) is 4.68 Å². The molecule has 0 bridgehead atoms. The summed E-state index contributed by atoms with van der Waals surface area (Å²) in [5.41, 5.74) is 9.16. The van der Waals surface area contributed by atoms with Crippen LogP contribution in [0.2, 0.25) is 0 Å². The fourth-order valence-electron chi connectivity index (χ4n) is 1.91. The largest absolute Gasteiger partial charge is 0.398 e. The van der Waals surface area contributed by atoms with Crippen molar-refractivity contribution in [1.82, 2.24) is 9.78 Å². The van der Waals surface area contributed by atoms with E-state index in [2.05, 4.69) is 45.6 Å². The number of nitrogens with two attached hydrogens (primary N) is 1. The van der Waals surface area contributed by atoms with Crippen LogP contribution in [0.4, 0.5) is 5.69 Å². The highest BCUT2D eigenvalue weighted by Crippen LogP contribution is 2.31. The number of nitrogens with zero attached hydrogens (tertiary/aromatic N) is 2. The third kappa shape index (κ3) is 3.15. The Morgan fingerprint density at radius 1 is 1.32 bits per heavy atom. The second kappa shape index (κ2) is 6.48. The number of halogens is 1. The Labute approximate surface area is 126 Å². The smallest absolute Gasteiger partial charge is 0.0767 e. The highest BCUT2D eigenvalue weighted by Gasteiger charge is 2.14. The number of benzene rings is 1. The van der Waals surface area contributed by atoms with E-state index in [9.17, 15) is 0 Å². The molecule has 0 amide bonds. The van der Waals surface area contributed by atoms with E-state index in [1.807, 2.05) is 18.2 Å². The van der Waals surface area contributed by atoms with Gasteiger partial charge in [0.1, 0.15) is 0 Å². The van der Waals surface area contributed by atoms with E-state index in [0.29, 0.717) is 0 Å². The zero-order valence-corrected chi connectivity index (χ0v) is 13.6.